The number of ether oxygens (including phenoxy) is 1. The highest BCUT2D eigenvalue weighted by Crippen LogP contribution is 2.36. The molecule has 11 heteroatoms. The fraction of sp³-hybridized carbons (Fsp3) is 0.667. The van der Waals surface area contributed by atoms with Crippen molar-refractivity contribution in [2.45, 2.75) is 43.3 Å². The molecule has 0 saturated carbocycles. The van der Waals surface area contributed by atoms with Gasteiger partial charge in [0.15, 0.2) is 0 Å². The summed E-state index contributed by atoms with van der Waals surface area (Å²) < 4.78 is 72.0. The van der Waals surface area contributed by atoms with Crippen molar-refractivity contribution >= 4 is 15.9 Å². The number of rotatable bonds is 6. The highest BCUT2D eigenvalue weighted by Gasteiger charge is 2.40. The van der Waals surface area contributed by atoms with Gasteiger partial charge < -0.3 is 10.1 Å². The van der Waals surface area contributed by atoms with Gasteiger partial charge in [0, 0.05) is 44.2 Å². The molecule has 0 spiro atoms. The van der Waals surface area contributed by atoms with E-state index in [1.165, 1.54) is 6.07 Å². The minimum absolute atomic E-state index is 0.000528. The molecule has 180 valence electrons. The first-order valence-corrected chi connectivity index (χ1v) is 12.1. The lowest BCUT2D eigenvalue weighted by Crippen LogP contribution is -2.56. The minimum atomic E-state index is -4.77. The van der Waals surface area contributed by atoms with Crippen molar-refractivity contribution in [1.82, 2.24) is 14.5 Å². The molecular weight excluding hydrogens is 447 g/mol. The molecule has 32 heavy (non-hydrogen) atoms. The summed E-state index contributed by atoms with van der Waals surface area (Å²) in [5.41, 5.74) is -1.42. The maximum atomic E-state index is 13.3. The molecule has 7 nitrogen and oxygen atoms in total. The number of hydrogen-bond donors (Lipinski definition) is 1. The SMILES string of the molecule is CC(C)(CNC(=O)C1CCN(S(=O)(=O)c2ccccc2C(F)(F)F)CC1)N1CCOCC1. The number of nitrogens with zero attached hydrogens (tertiary/aromatic N) is 2. The molecular formula is C21H30F3N3O4S. The maximum absolute atomic E-state index is 13.3. The average molecular weight is 478 g/mol. The van der Waals surface area contributed by atoms with Crippen molar-refractivity contribution in [2.75, 3.05) is 45.9 Å². The van der Waals surface area contributed by atoms with Gasteiger partial charge >= 0.3 is 6.18 Å². The summed E-state index contributed by atoms with van der Waals surface area (Å²) in [7, 11) is -4.31. The van der Waals surface area contributed by atoms with E-state index in [1.54, 1.807) is 0 Å². The first-order valence-electron chi connectivity index (χ1n) is 10.7. The zero-order valence-corrected chi connectivity index (χ0v) is 19.1. The lowest BCUT2D eigenvalue weighted by molar-refractivity contribution is -0.139. The number of piperidine rings is 1. The molecule has 1 aromatic carbocycles. The number of amides is 1. The molecule has 1 aromatic rings. The normalized spacial score (nSPS) is 20.3. The van der Waals surface area contributed by atoms with Crippen LogP contribution in [0.15, 0.2) is 29.2 Å². The van der Waals surface area contributed by atoms with Gasteiger partial charge in [-0.1, -0.05) is 12.1 Å². The van der Waals surface area contributed by atoms with Crippen LogP contribution >= 0.6 is 0 Å². The highest BCUT2D eigenvalue weighted by molar-refractivity contribution is 7.89. The van der Waals surface area contributed by atoms with Crippen LogP contribution in [0.3, 0.4) is 0 Å². The van der Waals surface area contributed by atoms with Crippen molar-refractivity contribution in [1.29, 1.82) is 0 Å². The molecule has 2 fully saturated rings. The summed E-state index contributed by atoms with van der Waals surface area (Å²) in [4.78, 5) is 14.2. The molecule has 1 N–H and O–H groups in total. The molecule has 2 aliphatic heterocycles. The monoisotopic (exact) mass is 477 g/mol. The highest BCUT2D eigenvalue weighted by atomic mass is 32.2. The second-order valence-electron chi connectivity index (χ2n) is 8.80. The van der Waals surface area contributed by atoms with Crippen molar-refractivity contribution in [3.8, 4) is 0 Å². The summed E-state index contributed by atoms with van der Waals surface area (Å²) in [6, 6.07) is 4.18. The third-order valence-corrected chi connectivity index (χ3v) is 8.15. The Morgan fingerprint density at radius 2 is 1.69 bits per heavy atom. The second kappa shape index (κ2) is 9.66. The van der Waals surface area contributed by atoms with Crippen molar-refractivity contribution < 1.29 is 31.1 Å². The van der Waals surface area contributed by atoms with E-state index in [0.717, 1.165) is 35.6 Å². The average Bonchev–Trinajstić information content (AvgIpc) is 2.77. The van der Waals surface area contributed by atoms with E-state index >= 15 is 0 Å². The molecule has 2 aliphatic rings. The topological polar surface area (TPSA) is 79.0 Å². The summed E-state index contributed by atoms with van der Waals surface area (Å²) in [6.45, 7) is 7.43. The third kappa shape index (κ3) is 5.62. The number of alkyl halides is 3. The predicted molar refractivity (Wildman–Crippen MR) is 112 cm³/mol. The molecule has 2 heterocycles. The van der Waals surface area contributed by atoms with Gasteiger partial charge in [0.05, 0.1) is 23.7 Å². The van der Waals surface area contributed by atoms with Gasteiger partial charge in [0.25, 0.3) is 0 Å². The Hall–Kier alpha value is -1.69. The van der Waals surface area contributed by atoms with Crippen LogP contribution in [0.4, 0.5) is 13.2 Å². The lowest BCUT2D eigenvalue weighted by Gasteiger charge is -2.41. The Morgan fingerprint density at radius 1 is 1.09 bits per heavy atom. The smallest absolute Gasteiger partial charge is 0.379 e. The fourth-order valence-electron chi connectivity index (χ4n) is 4.15. The quantitative estimate of drug-likeness (QED) is 0.681. The lowest BCUT2D eigenvalue weighted by atomic mass is 9.96. The largest absolute Gasteiger partial charge is 0.417 e. The third-order valence-electron chi connectivity index (χ3n) is 6.20. The zero-order chi connectivity index (χ0) is 23.6. The van der Waals surface area contributed by atoms with E-state index < -0.39 is 26.7 Å². The second-order valence-corrected chi connectivity index (χ2v) is 10.7. The first kappa shape index (κ1) is 24.9. The van der Waals surface area contributed by atoms with Gasteiger partial charge in [-0.05, 0) is 38.8 Å². The standard InChI is InChI=1S/C21H30F3N3O4S/c1-20(2,26-11-13-31-14-12-26)15-25-19(28)16-7-9-27(10-8-16)32(29,30)18-6-4-3-5-17(18)21(22,23)24/h3-6,16H,7-15H2,1-2H3,(H,25,28). The van der Waals surface area contributed by atoms with Crippen LogP contribution in [0.5, 0.6) is 0 Å². The molecule has 0 bridgehead atoms. The summed E-state index contributed by atoms with van der Waals surface area (Å²) in [5.74, 6) is -0.529. The summed E-state index contributed by atoms with van der Waals surface area (Å²) in [5, 5.41) is 2.97. The summed E-state index contributed by atoms with van der Waals surface area (Å²) in [6.07, 6.45) is -4.25. The number of nitrogens with one attached hydrogen (secondary N) is 1. The van der Waals surface area contributed by atoms with Crippen molar-refractivity contribution in [3.05, 3.63) is 29.8 Å². The van der Waals surface area contributed by atoms with E-state index in [0.29, 0.717) is 19.8 Å². The molecule has 2 saturated heterocycles. The number of morpholine rings is 1. The van der Waals surface area contributed by atoms with Crippen molar-refractivity contribution in [2.24, 2.45) is 5.92 Å². The zero-order valence-electron chi connectivity index (χ0n) is 18.3. The number of sulfonamides is 1. The Bertz CT molecular complexity index is 907. The van der Waals surface area contributed by atoms with E-state index in [-0.39, 0.29) is 43.3 Å². The summed E-state index contributed by atoms with van der Waals surface area (Å²) >= 11 is 0. The Kier molecular flexibility index (Phi) is 7.53. The molecule has 1 amide bonds. The van der Waals surface area contributed by atoms with Crippen LogP contribution in [-0.4, -0.2) is 75.0 Å². The minimum Gasteiger partial charge on any atom is -0.379 e. The van der Waals surface area contributed by atoms with Gasteiger partial charge in [-0.3, -0.25) is 9.69 Å². The van der Waals surface area contributed by atoms with Gasteiger partial charge in [0.2, 0.25) is 15.9 Å². The maximum Gasteiger partial charge on any atom is 0.417 e. The number of benzene rings is 1. The number of carbonyl (C=O) groups excluding carboxylic acids is 1. The van der Waals surface area contributed by atoms with Gasteiger partial charge in [-0.15, -0.1) is 0 Å². The van der Waals surface area contributed by atoms with Crippen molar-refractivity contribution in [3.63, 3.8) is 0 Å². The van der Waals surface area contributed by atoms with Gasteiger partial charge in [-0.25, -0.2) is 8.42 Å². The van der Waals surface area contributed by atoms with Crippen LogP contribution in [-0.2, 0) is 25.7 Å². The molecule has 0 aliphatic carbocycles. The Balaban J connectivity index is 1.58. The first-order chi connectivity index (χ1) is 14.9. The predicted octanol–water partition coefficient (Wildman–Crippen LogP) is 2.33. The van der Waals surface area contributed by atoms with Crippen LogP contribution in [0.1, 0.15) is 32.3 Å². The molecule has 3 rings (SSSR count). The van der Waals surface area contributed by atoms with Crippen LogP contribution in [0, 0.1) is 5.92 Å². The van der Waals surface area contributed by atoms with Crippen LogP contribution in [0.2, 0.25) is 0 Å². The van der Waals surface area contributed by atoms with E-state index in [9.17, 15) is 26.4 Å². The van der Waals surface area contributed by atoms with E-state index in [2.05, 4.69) is 10.2 Å². The van der Waals surface area contributed by atoms with Crippen LogP contribution < -0.4 is 5.32 Å². The van der Waals surface area contributed by atoms with Gasteiger partial charge in [0.1, 0.15) is 0 Å². The number of hydrogen-bond acceptors (Lipinski definition) is 5. The van der Waals surface area contributed by atoms with Gasteiger partial charge in [-0.2, -0.15) is 17.5 Å². The molecule has 0 radical (unpaired) electrons. The van der Waals surface area contributed by atoms with E-state index in [4.69, 9.17) is 4.74 Å². The fourth-order valence-corrected chi connectivity index (χ4v) is 5.83. The Labute approximate surface area is 186 Å². The molecule has 0 aromatic heterocycles. The Morgan fingerprint density at radius 3 is 2.28 bits per heavy atom. The molecule has 0 unspecified atom stereocenters. The number of halogens is 3. The number of carbonyl (C=O) groups is 1. The molecule has 0 atom stereocenters. The van der Waals surface area contributed by atoms with Crippen LogP contribution in [0.25, 0.3) is 0 Å². The van der Waals surface area contributed by atoms with E-state index in [1.807, 2.05) is 13.8 Å².